The van der Waals surface area contributed by atoms with E-state index < -0.39 is 0 Å². The number of hydrogen-bond acceptors (Lipinski definition) is 0. The first-order valence-electron chi connectivity index (χ1n) is 18.6. The van der Waals surface area contributed by atoms with Gasteiger partial charge in [-0.2, -0.15) is 12.1 Å². The molecule has 8 aromatic rings. The van der Waals surface area contributed by atoms with Crippen LogP contribution in [-0.4, -0.2) is 6.88 Å². The Hall–Kier alpha value is -4.36. The summed E-state index contributed by atoms with van der Waals surface area (Å²) < 4.78 is 0. The second-order valence-electron chi connectivity index (χ2n) is 13.4. The van der Waals surface area contributed by atoms with E-state index in [0.717, 1.165) is 12.8 Å². The van der Waals surface area contributed by atoms with Crippen molar-refractivity contribution in [2.75, 3.05) is 0 Å². The molecule has 0 saturated heterocycles. The molecule has 8 rings (SSSR count). The summed E-state index contributed by atoms with van der Waals surface area (Å²) in [6, 6.07) is 61.6. The van der Waals surface area contributed by atoms with Crippen molar-refractivity contribution >= 4 is 28.4 Å². The zero-order chi connectivity index (χ0) is 36.1. The Morgan fingerprint density at radius 2 is 0.685 bits per heavy atom. The molecule has 2 radical (unpaired) electrons. The third-order valence-electron chi connectivity index (χ3n) is 9.87. The zero-order valence-corrected chi connectivity index (χ0v) is 35.9. The molecule has 0 bridgehead atoms. The molecule has 0 heterocycles. The van der Waals surface area contributed by atoms with E-state index in [-0.39, 0.29) is 14.9 Å². The van der Waals surface area contributed by atoms with Crippen molar-refractivity contribution in [3.63, 3.8) is 0 Å². The van der Waals surface area contributed by atoms with Crippen LogP contribution in [0.5, 0.6) is 0 Å². The first kappa shape index (κ1) is 42.4. The van der Waals surface area contributed by atoms with Crippen LogP contribution >= 0.6 is 0 Å². The van der Waals surface area contributed by atoms with Crippen molar-refractivity contribution < 1.29 is 23.3 Å². The number of fused-ring (bicyclic) bond motifs is 2. The van der Waals surface area contributed by atoms with Crippen LogP contribution in [0.2, 0.25) is 0 Å². The van der Waals surface area contributed by atoms with Crippen molar-refractivity contribution in [1.29, 1.82) is 0 Å². The Bertz CT molecular complexity index is 1960. The molecule has 0 aliphatic carbocycles. The number of rotatable bonds is 10. The second-order valence-corrected chi connectivity index (χ2v) is 13.4. The van der Waals surface area contributed by atoms with Crippen molar-refractivity contribution in [1.82, 2.24) is 0 Å². The van der Waals surface area contributed by atoms with Crippen LogP contribution in [0.1, 0.15) is 50.7 Å². The van der Waals surface area contributed by atoms with Crippen LogP contribution in [-0.2, 0) is 36.2 Å². The molecule has 0 atom stereocenters. The quantitative estimate of drug-likeness (QED) is 0.0955. The van der Waals surface area contributed by atoms with Gasteiger partial charge in [-0.15, -0.1) is 44.8 Å². The summed E-state index contributed by atoms with van der Waals surface area (Å²) in [5.74, 6) is 0. The summed E-state index contributed by atoms with van der Waals surface area (Å²) in [4.78, 5) is 0. The van der Waals surface area contributed by atoms with Crippen molar-refractivity contribution in [3.05, 3.63) is 196 Å². The van der Waals surface area contributed by atoms with Crippen molar-refractivity contribution in [2.24, 2.45) is 0 Å². The van der Waals surface area contributed by atoms with Gasteiger partial charge >= 0.3 is 30.2 Å². The third kappa shape index (κ3) is 10.0. The Kier molecular flexibility index (Phi) is 16.9. The number of hydrogen-bond donors (Lipinski definition) is 0. The van der Waals surface area contributed by atoms with Gasteiger partial charge in [0.15, 0.2) is 0 Å². The van der Waals surface area contributed by atoms with Crippen LogP contribution in [0, 0.1) is 14.9 Å². The van der Waals surface area contributed by atoms with E-state index in [1.807, 2.05) is 0 Å². The fourth-order valence-corrected chi connectivity index (χ4v) is 7.25. The Balaban J connectivity index is 0.000000222. The number of benzene rings is 6. The van der Waals surface area contributed by atoms with E-state index >= 15 is 0 Å². The van der Waals surface area contributed by atoms with Crippen LogP contribution in [0.15, 0.2) is 170 Å². The Morgan fingerprint density at radius 3 is 0.981 bits per heavy atom. The number of aryl methyl sites for hydroxylation is 2. The molecule has 0 aliphatic rings. The average Bonchev–Trinajstić information content (AvgIpc) is 3.86. The molecular formula is C52H52SiZr-4. The van der Waals surface area contributed by atoms with Gasteiger partial charge in [-0.25, -0.2) is 0 Å². The molecule has 0 aliphatic heterocycles. The molecule has 0 fully saturated rings. The zero-order valence-electron chi connectivity index (χ0n) is 32.4. The maximum absolute atomic E-state index is 3.06. The molecule has 0 amide bonds. The molecule has 8 aromatic carbocycles. The fraction of sp³-hybridized carbons (Fsp3) is 0.154. The van der Waals surface area contributed by atoms with Gasteiger partial charge in [0, 0.05) is 0 Å². The summed E-state index contributed by atoms with van der Waals surface area (Å²) in [7, 11) is 0. The Labute approximate surface area is 342 Å². The summed E-state index contributed by atoms with van der Waals surface area (Å²) >= 11 is 1.36. The SMILES string of the molecule is CCCCc1cc2c(-c3ccccc3)ccc(-c3ccccc3)c2[cH-]1.CCCCc1cc2c(-c3ccccc3)ccc(-c3ccccc3)c2[cH-]1.[CH3-].[CH3-].[Si]=[Zr]. The van der Waals surface area contributed by atoms with E-state index in [2.05, 4.69) is 191 Å². The molecule has 0 aromatic heterocycles. The monoisotopic (exact) mass is 794 g/mol. The first-order valence-corrected chi connectivity index (χ1v) is 22.8. The third-order valence-corrected chi connectivity index (χ3v) is 9.87. The Morgan fingerprint density at radius 1 is 0.407 bits per heavy atom. The predicted octanol–water partition coefficient (Wildman–Crippen LogP) is 15.0. The van der Waals surface area contributed by atoms with Gasteiger partial charge in [0.05, 0.1) is 0 Å². The summed E-state index contributed by atoms with van der Waals surface area (Å²) in [6.45, 7) is 7.58. The molecule has 272 valence electrons. The second kappa shape index (κ2) is 21.5. The molecule has 0 saturated carbocycles. The normalized spacial score (nSPS) is 10.3. The van der Waals surface area contributed by atoms with Crippen LogP contribution in [0.3, 0.4) is 0 Å². The van der Waals surface area contributed by atoms with E-state index in [1.54, 1.807) is 0 Å². The van der Waals surface area contributed by atoms with Gasteiger partial charge in [-0.05, 0) is 24.0 Å². The predicted molar refractivity (Wildman–Crippen MR) is 237 cm³/mol. The summed E-state index contributed by atoms with van der Waals surface area (Å²) in [5, 5.41) is 5.50. The first-order chi connectivity index (χ1) is 25.7. The van der Waals surface area contributed by atoms with Crippen molar-refractivity contribution in [2.45, 2.75) is 52.4 Å². The van der Waals surface area contributed by atoms with Gasteiger partial charge in [0.25, 0.3) is 0 Å². The molecule has 54 heavy (non-hydrogen) atoms. The van der Waals surface area contributed by atoms with Crippen LogP contribution in [0.25, 0.3) is 66.1 Å². The molecule has 0 N–H and O–H groups in total. The van der Waals surface area contributed by atoms with Crippen LogP contribution < -0.4 is 0 Å². The minimum absolute atomic E-state index is 0. The molecule has 0 spiro atoms. The van der Waals surface area contributed by atoms with E-state index in [1.165, 1.54) is 126 Å². The minimum atomic E-state index is 0. The maximum atomic E-state index is 3.06. The van der Waals surface area contributed by atoms with Gasteiger partial charge in [-0.3, -0.25) is 0 Å². The van der Waals surface area contributed by atoms with E-state index in [0.29, 0.717) is 0 Å². The standard InChI is InChI=1S/2C25H23.2CH3.Si.Zr/c2*1-2-3-10-19-17-24-22(20-11-6-4-7-12-20)15-16-23(25(24)18-19)21-13-8-5-9-14-21;;;;/h2*4-9,11-18H,2-3,10H2,1H3;2*1H3;;/q4*-1;;. The van der Waals surface area contributed by atoms with Crippen molar-refractivity contribution in [3.8, 4) is 44.5 Å². The molecule has 2 heteroatoms. The summed E-state index contributed by atoms with van der Waals surface area (Å²) in [5.41, 5.74) is 13.4. The molecule has 0 nitrogen and oxygen atoms in total. The average molecular weight is 796 g/mol. The van der Waals surface area contributed by atoms with E-state index in [9.17, 15) is 0 Å². The molecular weight excluding hydrogens is 744 g/mol. The van der Waals surface area contributed by atoms with E-state index in [4.69, 9.17) is 0 Å². The van der Waals surface area contributed by atoms with Gasteiger partial charge < -0.3 is 14.9 Å². The van der Waals surface area contributed by atoms with Gasteiger partial charge in [-0.1, -0.05) is 219 Å². The summed E-state index contributed by atoms with van der Waals surface area (Å²) in [6.07, 6.45) is 7.29. The molecule has 0 unspecified atom stereocenters. The van der Waals surface area contributed by atoms with Crippen LogP contribution in [0.4, 0.5) is 0 Å². The topological polar surface area (TPSA) is 0 Å². The van der Waals surface area contributed by atoms with Gasteiger partial charge in [0.1, 0.15) is 0 Å². The number of unbranched alkanes of at least 4 members (excludes halogenated alkanes) is 2. The fourth-order valence-electron chi connectivity index (χ4n) is 7.25. The van der Waals surface area contributed by atoms with Gasteiger partial charge in [0.2, 0.25) is 0 Å².